The summed E-state index contributed by atoms with van der Waals surface area (Å²) in [7, 11) is -1.19. The summed E-state index contributed by atoms with van der Waals surface area (Å²) in [6.45, 7) is 22.6. The Morgan fingerprint density at radius 2 is 1.98 bits per heavy atom. The van der Waals surface area contributed by atoms with Crippen molar-refractivity contribution in [1.82, 2.24) is 19.2 Å². The fourth-order valence-corrected chi connectivity index (χ4v) is 6.27. The van der Waals surface area contributed by atoms with Crippen molar-refractivity contribution < 1.29 is 18.7 Å². The molecule has 3 heterocycles. The Bertz CT molecular complexity index is 1510. The van der Waals surface area contributed by atoms with Gasteiger partial charge < -0.3 is 19.0 Å². The Balaban J connectivity index is 1.44. The predicted octanol–water partition coefficient (Wildman–Crippen LogP) is 7.71. The van der Waals surface area contributed by atoms with Crippen LogP contribution in [-0.2, 0) is 16.2 Å². The number of carbonyl (C=O) groups excluding carboxylic acids is 1. The number of hydrogen-bond acceptors (Lipinski definition) is 7. The summed E-state index contributed by atoms with van der Waals surface area (Å²) in [6.07, 6.45) is 7.91. The Hall–Kier alpha value is -3.67. The van der Waals surface area contributed by atoms with Crippen molar-refractivity contribution in [3.63, 3.8) is 0 Å². The maximum absolute atomic E-state index is 15.3. The van der Waals surface area contributed by atoms with Gasteiger partial charge in [0.1, 0.15) is 24.8 Å². The third kappa shape index (κ3) is 10.7. The maximum atomic E-state index is 15.3. The molecule has 2 aromatic heterocycles. The molecule has 0 spiro atoms. The van der Waals surface area contributed by atoms with Crippen LogP contribution in [0, 0.1) is 5.92 Å². The second-order valence-corrected chi connectivity index (χ2v) is 19.6. The topological polar surface area (TPSA) is 86.2 Å². The molecular formula is C37H53FN6O3Si. The standard InChI is InChI=1S/C37H53FN6O3Si/c1-8-28(2)22-40-36-33(15-19-43(36)27-46-20-21-48(5,6)7)29(3)31-23-41-44(24-31)32(14-17-39-4)25-42-18-16-35(34(38)26-42)47-37(45)30-12-10-9-11-13-30/h9-13,15,19,22-24,28,32,34-35H,3-4,8,14,16-18,20-21,25-27H2,1-2,5-7H3. The van der Waals surface area contributed by atoms with Gasteiger partial charge in [-0.05, 0) is 55.3 Å². The first kappa shape index (κ1) is 37.2. The van der Waals surface area contributed by atoms with E-state index >= 15 is 4.39 Å². The third-order valence-electron chi connectivity index (χ3n) is 8.83. The molecule has 0 N–H and O–H groups in total. The molecular weight excluding hydrogens is 624 g/mol. The minimum Gasteiger partial charge on any atom is -0.456 e. The molecule has 0 bridgehead atoms. The van der Waals surface area contributed by atoms with Crippen LogP contribution in [0.4, 0.5) is 10.2 Å². The summed E-state index contributed by atoms with van der Waals surface area (Å²) >= 11 is 0. The van der Waals surface area contributed by atoms with Gasteiger partial charge in [-0.2, -0.15) is 5.10 Å². The largest absolute Gasteiger partial charge is 0.456 e. The molecule has 0 amide bonds. The van der Waals surface area contributed by atoms with Gasteiger partial charge in [-0.1, -0.05) is 58.3 Å². The Morgan fingerprint density at radius 1 is 1.21 bits per heavy atom. The zero-order valence-electron chi connectivity index (χ0n) is 29.4. The van der Waals surface area contributed by atoms with Gasteiger partial charge in [-0.3, -0.25) is 9.58 Å². The molecule has 0 saturated carbocycles. The zero-order valence-corrected chi connectivity index (χ0v) is 30.4. The number of benzene rings is 1. The number of esters is 1. The molecule has 1 aromatic carbocycles. The van der Waals surface area contributed by atoms with Crippen molar-refractivity contribution in [2.75, 3.05) is 32.8 Å². The molecule has 1 saturated heterocycles. The van der Waals surface area contributed by atoms with E-state index in [1.54, 1.807) is 24.3 Å². The van der Waals surface area contributed by atoms with E-state index in [0.29, 0.717) is 50.7 Å². The fraction of sp³-hybridized carbons (Fsp3) is 0.514. The normalized spacial score (nSPS) is 18.5. The third-order valence-corrected chi connectivity index (χ3v) is 10.5. The number of nitrogens with zero attached hydrogens (tertiary/aromatic N) is 6. The van der Waals surface area contributed by atoms with Gasteiger partial charge in [0.2, 0.25) is 0 Å². The molecule has 1 aliphatic heterocycles. The van der Waals surface area contributed by atoms with Crippen LogP contribution >= 0.6 is 0 Å². The van der Waals surface area contributed by atoms with E-state index in [0.717, 1.165) is 41.6 Å². The number of carbonyl (C=O) groups is 1. The number of aliphatic imine (C=N–C) groups is 2. The monoisotopic (exact) mass is 676 g/mol. The van der Waals surface area contributed by atoms with Crippen molar-refractivity contribution in [2.24, 2.45) is 15.9 Å². The lowest BCUT2D eigenvalue weighted by Gasteiger charge is -2.36. The van der Waals surface area contributed by atoms with E-state index in [1.165, 1.54) is 0 Å². The lowest BCUT2D eigenvalue weighted by atomic mass is 10.0. The van der Waals surface area contributed by atoms with Crippen LogP contribution in [0.1, 0.15) is 60.6 Å². The van der Waals surface area contributed by atoms with Gasteiger partial charge >= 0.3 is 5.97 Å². The lowest BCUT2D eigenvalue weighted by molar-refractivity contribution is -0.0279. The van der Waals surface area contributed by atoms with Gasteiger partial charge in [0.05, 0.1) is 17.8 Å². The van der Waals surface area contributed by atoms with E-state index in [-0.39, 0.29) is 12.6 Å². The summed E-state index contributed by atoms with van der Waals surface area (Å²) in [6, 6.07) is 11.8. The van der Waals surface area contributed by atoms with Crippen LogP contribution < -0.4 is 0 Å². The molecule has 1 aliphatic rings. The van der Waals surface area contributed by atoms with Gasteiger partial charge in [0.15, 0.2) is 0 Å². The van der Waals surface area contributed by atoms with E-state index in [9.17, 15) is 4.79 Å². The maximum Gasteiger partial charge on any atom is 0.338 e. The Kier molecular flexibility index (Phi) is 13.7. The molecule has 1 fully saturated rings. The first-order valence-corrected chi connectivity index (χ1v) is 20.8. The van der Waals surface area contributed by atoms with Gasteiger partial charge in [0, 0.05) is 77.0 Å². The van der Waals surface area contributed by atoms with Gasteiger partial charge in [0.25, 0.3) is 0 Å². The number of piperidine rings is 1. The number of halogens is 1. The summed E-state index contributed by atoms with van der Waals surface area (Å²) in [5, 5.41) is 4.73. The van der Waals surface area contributed by atoms with Crippen LogP contribution in [0.5, 0.6) is 0 Å². The smallest absolute Gasteiger partial charge is 0.338 e. The highest BCUT2D eigenvalue weighted by Crippen LogP contribution is 2.32. The van der Waals surface area contributed by atoms with Crippen LogP contribution in [-0.4, -0.2) is 91.3 Å². The molecule has 260 valence electrons. The molecule has 48 heavy (non-hydrogen) atoms. The highest BCUT2D eigenvalue weighted by Gasteiger charge is 2.33. The summed E-state index contributed by atoms with van der Waals surface area (Å²) in [5.41, 5.74) is 3.07. The SMILES string of the molecule is C=NCCC(CN1CCC(OC(=O)c2ccccc2)C(F)C1)n1cc(C(=C)c2ccn(COCC[Si](C)(C)C)c2N=CC(C)CC)cn1. The summed E-state index contributed by atoms with van der Waals surface area (Å²) < 4.78 is 30.9. The first-order valence-electron chi connectivity index (χ1n) is 17.1. The zero-order chi connectivity index (χ0) is 34.7. The number of hydrogen-bond donors (Lipinski definition) is 0. The highest BCUT2D eigenvalue weighted by atomic mass is 28.3. The predicted molar refractivity (Wildman–Crippen MR) is 196 cm³/mol. The van der Waals surface area contributed by atoms with Crippen molar-refractivity contribution in [3.8, 4) is 0 Å². The van der Waals surface area contributed by atoms with Gasteiger partial charge in [-0.25, -0.2) is 14.2 Å². The molecule has 4 rings (SSSR count). The number of rotatable bonds is 18. The van der Waals surface area contributed by atoms with Crippen LogP contribution in [0.15, 0.2) is 71.6 Å². The lowest BCUT2D eigenvalue weighted by Crippen LogP contribution is -2.48. The minimum atomic E-state index is -1.28. The Labute approximate surface area is 286 Å². The second kappa shape index (κ2) is 17.6. The van der Waals surface area contributed by atoms with Crippen molar-refractivity contribution in [2.45, 2.75) is 83.8 Å². The van der Waals surface area contributed by atoms with E-state index < -0.39 is 26.3 Å². The van der Waals surface area contributed by atoms with Crippen LogP contribution in [0.25, 0.3) is 5.57 Å². The van der Waals surface area contributed by atoms with Crippen molar-refractivity contribution >= 4 is 38.4 Å². The van der Waals surface area contributed by atoms with Crippen molar-refractivity contribution in [1.29, 1.82) is 0 Å². The van der Waals surface area contributed by atoms with Crippen molar-refractivity contribution in [3.05, 3.63) is 78.3 Å². The molecule has 9 nitrogen and oxygen atoms in total. The van der Waals surface area contributed by atoms with E-state index in [4.69, 9.17) is 19.6 Å². The molecule has 4 atom stereocenters. The number of aromatic nitrogens is 3. The average Bonchev–Trinajstić information content (AvgIpc) is 3.72. The average molecular weight is 677 g/mol. The number of alkyl halides is 1. The molecule has 11 heteroatoms. The first-order chi connectivity index (χ1) is 23.0. The summed E-state index contributed by atoms with van der Waals surface area (Å²) in [4.78, 5) is 23.6. The molecule has 3 aromatic rings. The summed E-state index contributed by atoms with van der Waals surface area (Å²) in [5.74, 6) is 0.669. The minimum absolute atomic E-state index is 0.0556. The second-order valence-electron chi connectivity index (χ2n) is 14.0. The molecule has 0 radical (unpaired) electrons. The number of likely N-dealkylation sites (tertiary alicyclic amines) is 1. The number of ether oxygens (including phenoxy) is 2. The van der Waals surface area contributed by atoms with E-state index in [2.05, 4.69) is 56.7 Å². The fourth-order valence-electron chi connectivity index (χ4n) is 5.51. The highest BCUT2D eigenvalue weighted by molar-refractivity contribution is 6.76. The van der Waals surface area contributed by atoms with Crippen LogP contribution in [0.3, 0.4) is 0 Å². The van der Waals surface area contributed by atoms with Crippen LogP contribution in [0.2, 0.25) is 25.7 Å². The quantitative estimate of drug-likeness (QED) is 0.0597. The Morgan fingerprint density at radius 3 is 2.67 bits per heavy atom. The molecule has 0 aliphatic carbocycles. The molecule has 4 unspecified atom stereocenters. The van der Waals surface area contributed by atoms with Gasteiger partial charge in [-0.15, -0.1) is 0 Å². The van der Waals surface area contributed by atoms with E-state index in [1.807, 2.05) is 46.2 Å².